The van der Waals surface area contributed by atoms with E-state index in [0.29, 0.717) is 10.8 Å². The lowest BCUT2D eigenvalue weighted by molar-refractivity contribution is -0.385. The molecule has 0 aromatic heterocycles. The zero-order valence-corrected chi connectivity index (χ0v) is 19.3. The summed E-state index contributed by atoms with van der Waals surface area (Å²) in [5.74, 6) is -0.405. The van der Waals surface area contributed by atoms with E-state index in [4.69, 9.17) is 25.8 Å². The molecule has 3 aromatic carbocycles. The lowest BCUT2D eigenvalue weighted by atomic mass is 10.1. The number of benzene rings is 3. The Balaban J connectivity index is 1.36. The van der Waals surface area contributed by atoms with Gasteiger partial charge >= 0.3 is 0 Å². The fraction of sp³-hybridized carbons (Fsp3) is 0.167. The first kappa shape index (κ1) is 23.8. The van der Waals surface area contributed by atoms with E-state index in [2.05, 4.69) is 10.9 Å². The van der Waals surface area contributed by atoms with Crippen LogP contribution in [0.3, 0.4) is 0 Å². The first-order chi connectivity index (χ1) is 16.8. The molecule has 0 fully saturated rings. The van der Waals surface area contributed by atoms with E-state index in [-0.39, 0.29) is 42.4 Å². The van der Waals surface area contributed by atoms with Crippen LogP contribution in [0.2, 0.25) is 5.02 Å². The highest BCUT2D eigenvalue weighted by molar-refractivity contribution is 6.31. The van der Waals surface area contributed by atoms with Gasteiger partial charge in [0.1, 0.15) is 31.1 Å². The van der Waals surface area contributed by atoms with Gasteiger partial charge in [-0.25, -0.2) is 0 Å². The lowest BCUT2D eigenvalue weighted by Crippen LogP contribution is -2.41. The maximum atomic E-state index is 12.6. The van der Waals surface area contributed by atoms with Crippen molar-refractivity contribution in [2.45, 2.75) is 13.5 Å². The van der Waals surface area contributed by atoms with Crippen LogP contribution in [0.25, 0.3) is 0 Å². The number of ether oxygens (including phenoxy) is 3. The number of rotatable bonds is 6. The minimum absolute atomic E-state index is 0.179. The van der Waals surface area contributed by atoms with Gasteiger partial charge in [0, 0.05) is 16.7 Å². The Labute approximate surface area is 204 Å². The number of hydrazine groups is 1. The molecule has 35 heavy (non-hydrogen) atoms. The number of nitrogens with zero attached hydrogens (tertiary/aromatic N) is 1. The molecule has 11 heteroatoms. The van der Waals surface area contributed by atoms with E-state index < -0.39 is 22.4 Å². The van der Waals surface area contributed by atoms with Gasteiger partial charge in [-0.2, -0.15) is 0 Å². The molecule has 2 N–H and O–H groups in total. The number of fused-ring (bicyclic) bond motifs is 1. The molecule has 0 spiro atoms. The number of nitro benzene ring substituents is 1. The summed E-state index contributed by atoms with van der Waals surface area (Å²) in [7, 11) is 0. The van der Waals surface area contributed by atoms with Crippen molar-refractivity contribution in [3.05, 3.63) is 92.0 Å². The zero-order valence-electron chi connectivity index (χ0n) is 18.5. The van der Waals surface area contributed by atoms with Gasteiger partial charge in [-0.3, -0.25) is 30.6 Å². The first-order valence-electron chi connectivity index (χ1n) is 10.5. The third kappa shape index (κ3) is 5.61. The van der Waals surface area contributed by atoms with Crippen molar-refractivity contribution in [3.8, 4) is 17.2 Å². The van der Waals surface area contributed by atoms with Crippen LogP contribution < -0.4 is 25.1 Å². The third-order valence-corrected chi connectivity index (χ3v) is 5.57. The summed E-state index contributed by atoms with van der Waals surface area (Å²) in [6.07, 6.45) is 0. The number of aryl methyl sites for hydroxylation is 1. The largest absolute Gasteiger partial charge is 0.489 e. The predicted molar refractivity (Wildman–Crippen MR) is 126 cm³/mol. The minimum atomic E-state index is -0.870. The summed E-state index contributed by atoms with van der Waals surface area (Å²) in [6.45, 7) is 2.67. The molecule has 0 radical (unpaired) electrons. The molecule has 4 rings (SSSR count). The second-order valence-corrected chi connectivity index (χ2v) is 7.98. The van der Waals surface area contributed by atoms with Crippen molar-refractivity contribution >= 4 is 29.1 Å². The Bertz CT molecular complexity index is 1300. The smallest absolute Gasteiger partial charge is 0.286 e. The van der Waals surface area contributed by atoms with E-state index in [0.717, 1.165) is 17.2 Å². The van der Waals surface area contributed by atoms with Crippen molar-refractivity contribution in [2.24, 2.45) is 0 Å². The number of nitro groups is 1. The predicted octanol–water partition coefficient (Wildman–Crippen LogP) is 3.98. The van der Waals surface area contributed by atoms with Crippen LogP contribution in [0, 0.1) is 17.0 Å². The highest BCUT2D eigenvalue weighted by atomic mass is 35.5. The molecule has 1 heterocycles. The molecule has 0 bridgehead atoms. The summed E-state index contributed by atoms with van der Waals surface area (Å²) in [5.41, 5.74) is 5.70. The normalized spacial score (nSPS) is 11.9. The highest BCUT2D eigenvalue weighted by Gasteiger charge is 2.26. The summed E-state index contributed by atoms with van der Waals surface area (Å²) < 4.78 is 16.4. The molecule has 0 saturated carbocycles. The summed E-state index contributed by atoms with van der Waals surface area (Å²) in [6, 6.07) is 14.3. The van der Waals surface area contributed by atoms with E-state index in [9.17, 15) is 19.7 Å². The second kappa shape index (κ2) is 10.3. The van der Waals surface area contributed by atoms with Crippen molar-refractivity contribution in [2.75, 3.05) is 13.2 Å². The number of halogens is 1. The minimum Gasteiger partial charge on any atom is -0.489 e. The highest BCUT2D eigenvalue weighted by Crippen LogP contribution is 2.36. The first-order valence-corrected chi connectivity index (χ1v) is 10.9. The lowest BCUT2D eigenvalue weighted by Gasteiger charge is -2.19. The van der Waals surface area contributed by atoms with Crippen LogP contribution in [0.5, 0.6) is 17.2 Å². The Hall–Kier alpha value is -4.31. The summed E-state index contributed by atoms with van der Waals surface area (Å²) in [5, 5.41) is 12.1. The zero-order chi connectivity index (χ0) is 24.9. The van der Waals surface area contributed by atoms with Gasteiger partial charge in [0.05, 0.1) is 11.0 Å². The van der Waals surface area contributed by atoms with Crippen molar-refractivity contribution < 1.29 is 28.7 Å². The molecule has 180 valence electrons. The molecule has 1 aliphatic rings. The molecule has 0 saturated heterocycles. The molecule has 10 nitrogen and oxygen atoms in total. The standard InChI is InChI=1S/C24H20ClN3O7/c1-14-10-17(6-7-19(14)25)35-13-15-2-4-16(5-3-15)23(29)26-27-24(30)18-11-21-22(34-9-8-33-21)12-20(18)28(31)32/h2-7,10-12H,8-9,13H2,1H3,(H,26,29)(H,27,30). The van der Waals surface area contributed by atoms with Crippen LogP contribution in [0.1, 0.15) is 31.8 Å². The molecule has 2 amide bonds. The van der Waals surface area contributed by atoms with Gasteiger partial charge in [0.25, 0.3) is 17.5 Å². The van der Waals surface area contributed by atoms with Gasteiger partial charge in [-0.1, -0.05) is 23.7 Å². The Morgan fingerprint density at radius 1 is 1.00 bits per heavy atom. The third-order valence-electron chi connectivity index (χ3n) is 5.14. The summed E-state index contributed by atoms with van der Waals surface area (Å²) in [4.78, 5) is 35.7. The maximum Gasteiger partial charge on any atom is 0.286 e. The van der Waals surface area contributed by atoms with Crippen molar-refractivity contribution in [1.82, 2.24) is 10.9 Å². The molecule has 3 aromatic rings. The van der Waals surface area contributed by atoms with Crippen LogP contribution in [0.15, 0.2) is 54.6 Å². The number of nitrogens with one attached hydrogen (secondary N) is 2. The number of hydrogen-bond acceptors (Lipinski definition) is 7. The fourth-order valence-electron chi connectivity index (χ4n) is 3.29. The number of hydrogen-bond donors (Lipinski definition) is 2. The molecule has 0 atom stereocenters. The van der Waals surface area contributed by atoms with Crippen LogP contribution >= 0.6 is 11.6 Å². The number of carbonyl (C=O) groups excluding carboxylic acids is 2. The van der Waals surface area contributed by atoms with Crippen LogP contribution in [-0.2, 0) is 6.61 Å². The SMILES string of the molecule is Cc1cc(OCc2ccc(C(=O)NNC(=O)c3cc4c(cc3[N+](=O)[O-])OCCO4)cc2)ccc1Cl. The molecule has 1 aliphatic heterocycles. The van der Waals surface area contributed by atoms with E-state index in [1.807, 2.05) is 13.0 Å². The topological polar surface area (TPSA) is 129 Å². The van der Waals surface area contributed by atoms with E-state index in [1.54, 1.807) is 36.4 Å². The molecule has 0 unspecified atom stereocenters. The molecular weight excluding hydrogens is 478 g/mol. The average molecular weight is 498 g/mol. The Morgan fingerprint density at radius 2 is 1.66 bits per heavy atom. The van der Waals surface area contributed by atoms with Crippen molar-refractivity contribution in [3.63, 3.8) is 0 Å². The second-order valence-electron chi connectivity index (χ2n) is 7.57. The average Bonchev–Trinajstić information content (AvgIpc) is 2.87. The van der Waals surface area contributed by atoms with Crippen LogP contribution in [-0.4, -0.2) is 30.0 Å². The Morgan fingerprint density at radius 3 is 2.31 bits per heavy atom. The van der Waals surface area contributed by atoms with E-state index in [1.165, 1.54) is 6.07 Å². The van der Waals surface area contributed by atoms with Gasteiger partial charge in [-0.05, 0) is 48.4 Å². The van der Waals surface area contributed by atoms with Gasteiger partial charge < -0.3 is 14.2 Å². The van der Waals surface area contributed by atoms with Gasteiger partial charge in [0.2, 0.25) is 0 Å². The van der Waals surface area contributed by atoms with E-state index >= 15 is 0 Å². The van der Waals surface area contributed by atoms with Crippen LogP contribution in [0.4, 0.5) is 5.69 Å². The number of amides is 2. The fourth-order valence-corrected chi connectivity index (χ4v) is 3.41. The monoisotopic (exact) mass is 497 g/mol. The molecular formula is C24H20ClN3O7. The van der Waals surface area contributed by atoms with Gasteiger partial charge in [-0.15, -0.1) is 0 Å². The number of carbonyl (C=O) groups is 2. The molecule has 0 aliphatic carbocycles. The van der Waals surface area contributed by atoms with Crippen molar-refractivity contribution in [1.29, 1.82) is 0 Å². The summed E-state index contributed by atoms with van der Waals surface area (Å²) >= 11 is 6.01. The maximum absolute atomic E-state index is 12.6. The quantitative estimate of drug-likeness (QED) is 0.389. The Kier molecular flexibility index (Phi) is 7.02. The van der Waals surface area contributed by atoms with Gasteiger partial charge in [0.15, 0.2) is 11.5 Å².